The third kappa shape index (κ3) is 4.89. The predicted octanol–water partition coefficient (Wildman–Crippen LogP) is 0.996. The minimum absolute atomic E-state index is 0.00740. The van der Waals surface area contributed by atoms with Crippen molar-refractivity contribution in [1.82, 2.24) is 4.98 Å². The number of nitrogens with zero attached hydrogens (tertiary/aromatic N) is 1. The summed E-state index contributed by atoms with van der Waals surface area (Å²) < 4.78 is 21.9. The quantitative estimate of drug-likeness (QED) is 0.794. The zero-order chi connectivity index (χ0) is 10.6. The van der Waals surface area contributed by atoms with E-state index in [2.05, 4.69) is 26.2 Å². The van der Waals surface area contributed by atoms with Gasteiger partial charge in [0.25, 0.3) is 0 Å². The number of hydrogen-bond donors (Lipinski definition) is 2. The van der Waals surface area contributed by atoms with Crippen molar-refractivity contribution in [3.05, 3.63) is 9.98 Å². The Morgan fingerprint density at radius 1 is 1.64 bits per heavy atom. The molecular formula is C6H10BrN3O2S2. The zero-order valence-electron chi connectivity index (χ0n) is 7.23. The molecule has 1 rings (SSSR count). The maximum absolute atomic E-state index is 10.6. The lowest BCUT2D eigenvalue weighted by Gasteiger charge is -2.00. The summed E-state index contributed by atoms with van der Waals surface area (Å²) in [6, 6.07) is 0. The number of primary sulfonamides is 1. The molecule has 0 bridgehead atoms. The van der Waals surface area contributed by atoms with Crippen molar-refractivity contribution in [1.29, 1.82) is 0 Å². The van der Waals surface area contributed by atoms with Gasteiger partial charge in [-0.05, 0) is 22.4 Å². The monoisotopic (exact) mass is 299 g/mol. The molecule has 14 heavy (non-hydrogen) atoms. The van der Waals surface area contributed by atoms with Crippen LogP contribution in [0, 0.1) is 0 Å². The largest absolute Gasteiger partial charge is 0.361 e. The van der Waals surface area contributed by atoms with E-state index in [1.165, 1.54) is 11.3 Å². The lowest BCUT2D eigenvalue weighted by Crippen LogP contribution is -2.18. The highest BCUT2D eigenvalue weighted by atomic mass is 79.9. The van der Waals surface area contributed by atoms with Gasteiger partial charge in [-0.25, -0.2) is 18.5 Å². The second kappa shape index (κ2) is 5.06. The van der Waals surface area contributed by atoms with E-state index < -0.39 is 10.0 Å². The van der Waals surface area contributed by atoms with E-state index in [0.717, 1.165) is 9.73 Å². The van der Waals surface area contributed by atoms with Gasteiger partial charge in [-0.15, -0.1) is 11.3 Å². The van der Waals surface area contributed by atoms with E-state index in [4.69, 9.17) is 5.14 Å². The molecule has 8 heteroatoms. The molecule has 1 aromatic rings. The molecule has 0 aliphatic rings. The van der Waals surface area contributed by atoms with Crippen LogP contribution >= 0.6 is 27.3 Å². The summed E-state index contributed by atoms with van der Waals surface area (Å²) >= 11 is 4.67. The number of rotatable bonds is 5. The van der Waals surface area contributed by atoms with Crippen LogP contribution in [0.5, 0.6) is 0 Å². The van der Waals surface area contributed by atoms with Crippen molar-refractivity contribution in [2.75, 3.05) is 17.6 Å². The van der Waals surface area contributed by atoms with Gasteiger partial charge in [0.2, 0.25) is 10.0 Å². The van der Waals surface area contributed by atoms with Crippen molar-refractivity contribution < 1.29 is 8.42 Å². The standard InChI is InChI=1S/C6H10BrN3O2S2/c7-5-4-13-6(10-5)9-2-1-3-14(8,11)12/h4H,1-3H2,(H,9,10)(H2,8,11,12). The highest BCUT2D eigenvalue weighted by molar-refractivity contribution is 9.10. The lowest BCUT2D eigenvalue weighted by molar-refractivity contribution is 0.596. The van der Waals surface area contributed by atoms with Gasteiger partial charge >= 0.3 is 0 Å². The number of nitrogens with two attached hydrogens (primary N) is 1. The summed E-state index contributed by atoms with van der Waals surface area (Å²) in [5.41, 5.74) is 0. The van der Waals surface area contributed by atoms with Gasteiger partial charge in [0, 0.05) is 11.9 Å². The summed E-state index contributed by atoms with van der Waals surface area (Å²) in [5, 5.41) is 10.5. The van der Waals surface area contributed by atoms with Crippen LogP contribution in [0.4, 0.5) is 5.13 Å². The first kappa shape index (κ1) is 11.9. The molecular weight excluding hydrogens is 290 g/mol. The molecule has 80 valence electrons. The van der Waals surface area contributed by atoms with Crippen LogP contribution in [0.2, 0.25) is 0 Å². The van der Waals surface area contributed by atoms with Crippen molar-refractivity contribution in [2.24, 2.45) is 5.14 Å². The summed E-state index contributed by atoms with van der Waals surface area (Å²) in [6.45, 7) is 0.552. The van der Waals surface area contributed by atoms with Crippen molar-refractivity contribution in [3.63, 3.8) is 0 Å². The molecule has 0 amide bonds. The molecule has 1 heterocycles. The summed E-state index contributed by atoms with van der Waals surface area (Å²) in [7, 11) is -3.34. The van der Waals surface area contributed by atoms with E-state index in [9.17, 15) is 8.42 Å². The fraction of sp³-hybridized carbons (Fsp3) is 0.500. The Hall–Kier alpha value is -0.180. The lowest BCUT2D eigenvalue weighted by atomic mass is 10.5. The second-order valence-corrected chi connectivity index (χ2v) is 6.03. The second-order valence-electron chi connectivity index (χ2n) is 2.62. The molecule has 3 N–H and O–H groups in total. The highest BCUT2D eigenvalue weighted by Crippen LogP contribution is 2.18. The van der Waals surface area contributed by atoms with Crippen molar-refractivity contribution in [2.45, 2.75) is 6.42 Å². The van der Waals surface area contributed by atoms with Crippen molar-refractivity contribution >= 4 is 42.4 Å². The summed E-state index contributed by atoms with van der Waals surface area (Å²) in [5.74, 6) is -0.00740. The first-order valence-electron chi connectivity index (χ1n) is 3.83. The topological polar surface area (TPSA) is 85.1 Å². The maximum Gasteiger partial charge on any atom is 0.209 e. The van der Waals surface area contributed by atoms with Crippen LogP contribution < -0.4 is 10.5 Å². The SMILES string of the molecule is NS(=O)(=O)CCCNc1nc(Br)cs1. The number of sulfonamides is 1. The number of aromatic nitrogens is 1. The van der Waals surface area contributed by atoms with Gasteiger partial charge in [-0.3, -0.25) is 0 Å². The molecule has 0 radical (unpaired) electrons. The van der Waals surface area contributed by atoms with Crippen LogP contribution in [0.25, 0.3) is 0 Å². The molecule has 1 aromatic heterocycles. The van der Waals surface area contributed by atoms with E-state index in [1.807, 2.05) is 5.38 Å². The number of anilines is 1. The summed E-state index contributed by atoms with van der Waals surface area (Å²) in [6.07, 6.45) is 0.482. The molecule has 0 fully saturated rings. The molecule has 0 aromatic carbocycles. The Bertz CT molecular complexity index is 390. The first-order valence-corrected chi connectivity index (χ1v) is 7.21. The predicted molar refractivity (Wildman–Crippen MR) is 60.9 cm³/mol. The minimum atomic E-state index is -3.34. The molecule has 0 atom stereocenters. The van der Waals surface area contributed by atoms with Crippen LogP contribution in [0.3, 0.4) is 0 Å². The van der Waals surface area contributed by atoms with E-state index in [1.54, 1.807) is 0 Å². The normalized spacial score (nSPS) is 11.6. The van der Waals surface area contributed by atoms with Crippen LogP contribution in [0.1, 0.15) is 6.42 Å². The van der Waals surface area contributed by atoms with Crippen LogP contribution in [-0.2, 0) is 10.0 Å². The number of thiazole rings is 1. The summed E-state index contributed by atoms with van der Waals surface area (Å²) in [4.78, 5) is 4.09. The Labute approximate surface area is 94.9 Å². The molecule has 0 aliphatic heterocycles. The first-order chi connectivity index (χ1) is 6.47. The van der Waals surface area contributed by atoms with Crippen LogP contribution in [0.15, 0.2) is 9.98 Å². The fourth-order valence-electron chi connectivity index (χ4n) is 0.804. The molecule has 5 nitrogen and oxygen atoms in total. The van der Waals surface area contributed by atoms with E-state index in [0.29, 0.717) is 13.0 Å². The fourth-order valence-corrected chi connectivity index (χ4v) is 2.52. The molecule has 0 spiro atoms. The van der Waals surface area contributed by atoms with E-state index >= 15 is 0 Å². The van der Waals surface area contributed by atoms with Gasteiger partial charge in [0.15, 0.2) is 5.13 Å². The average molecular weight is 300 g/mol. The number of nitrogens with one attached hydrogen (secondary N) is 1. The Morgan fingerprint density at radius 3 is 2.86 bits per heavy atom. The van der Waals surface area contributed by atoms with Crippen molar-refractivity contribution in [3.8, 4) is 0 Å². The minimum Gasteiger partial charge on any atom is -0.361 e. The molecule has 0 saturated heterocycles. The zero-order valence-corrected chi connectivity index (χ0v) is 10.5. The molecule has 0 aliphatic carbocycles. The van der Waals surface area contributed by atoms with Gasteiger partial charge in [-0.1, -0.05) is 0 Å². The third-order valence-corrected chi connectivity index (χ3v) is 3.73. The molecule has 0 saturated carbocycles. The molecule has 0 unspecified atom stereocenters. The van der Waals surface area contributed by atoms with Gasteiger partial charge < -0.3 is 5.32 Å². The Balaban J connectivity index is 2.23. The van der Waals surface area contributed by atoms with Gasteiger partial charge in [0.1, 0.15) is 4.60 Å². The number of halogens is 1. The highest BCUT2D eigenvalue weighted by Gasteiger charge is 2.02. The van der Waals surface area contributed by atoms with E-state index in [-0.39, 0.29) is 5.75 Å². The van der Waals surface area contributed by atoms with Gasteiger partial charge in [-0.2, -0.15) is 0 Å². The van der Waals surface area contributed by atoms with Crippen LogP contribution in [-0.4, -0.2) is 25.7 Å². The average Bonchev–Trinajstić information content (AvgIpc) is 2.44. The smallest absolute Gasteiger partial charge is 0.209 e. The maximum atomic E-state index is 10.6. The Morgan fingerprint density at radius 2 is 2.36 bits per heavy atom. The Kier molecular flexibility index (Phi) is 4.30. The third-order valence-electron chi connectivity index (χ3n) is 1.36. The van der Waals surface area contributed by atoms with Gasteiger partial charge in [0.05, 0.1) is 5.75 Å². The number of hydrogen-bond acceptors (Lipinski definition) is 5.